The summed E-state index contributed by atoms with van der Waals surface area (Å²) >= 11 is 7.70. The van der Waals surface area contributed by atoms with Gasteiger partial charge in [0.05, 0.1) is 0 Å². The van der Waals surface area contributed by atoms with Crippen molar-refractivity contribution in [3.05, 3.63) is 0 Å². The molecular formula is C5H6BrS. The first-order valence-corrected chi connectivity index (χ1v) is 3.37. The molecule has 7 heavy (non-hydrogen) atoms. The first-order valence-electron chi connectivity index (χ1n) is 2.00. The summed E-state index contributed by atoms with van der Waals surface area (Å²) in [7, 11) is 0. The van der Waals surface area contributed by atoms with Gasteiger partial charge in [-0.25, -0.2) is 0 Å². The van der Waals surface area contributed by atoms with Crippen molar-refractivity contribution in [2.24, 2.45) is 5.92 Å². The molecule has 0 bridgehead atoms. The second-order valence-electron chi connectivity index (χ2n) is 1.31. The summed E-state index contributed by atoms with van der Waals surface area (Å²) in [4.78, 5) is 2.61. The number of halogens is 1. The van der Waals surface area contributed by atoms with Crippen LogP contribution in [0.4, 0.5) is 0 Å². The van der Waals surface area contributed by atoms with E-state index in [1.807, 2.05) is 6.92 Å². The van der Waals surface area contributed by atoms with Gasteiger partial charge in [-0.1, -0.05) is 25.5 Å². The van der Waals surface area contributed by atoms with E-state index < -0.39 is 0 Å². The fourth-order valence-electron chi connectivity index (χ4n) is 0.135. The van der Waals surface area contributed by atoms with Crippen LogP contribution in [0.3, 0.4) is 0 Å². The van der Waals surface area contributed by atoms with Crippen LogP contribution in [-0.4, -0.2) is 5.75 Å². The van der Waals surface area contributed by atoms with Gasteiger partial charge in [0.15, 0.2) is 0 Å². The fourth-order valence-corrected chi connectivity index (χ4v) is 0.609. The van der Waals surface area contributed by atoms with Crippen LogP contribution in [0, 0.1) is 16.7 Å². The van der Waals surface area contributed by atoms with Crippen LogP contribution in [0.2, 0.25) is 0 Å². The summed E-state index contributed by atoms with van der Waals surface area (Å²) in [5.41, 5.74) is 0. The fraction of sp³-hybridized carbons (Fsp3) is 0.600. The predicted octanol–water partition coefficient (Wildman–Crippen LogP) is 2.18. The molecule has 39 valence electrons. The Bertz CT molecular complexity index is 90.0. The maximum atomic E-state index is 4.72. The highest BCUT2D eigenvalue weighted by atomic mass is 79.9. The standard InChI is InChI=1S/C5H6BrS/c1-5(4-7)2-3-6/h5H,4H2,1H3. The van der Waals surface area contributed by atoms with Crippen molar-refractivity contribution in [2.45, 2.75) is 6.92 Å². The van der Waals surface area contributed by atoms with E-state index in [0.717, 1.165) is 5.75 Å². The molecule has 0 aliphatic heterocycles. The lowest BCUT2D eigenvalue weighted by atomic mass is 10.2. The Labute approximate surface area is 58.2 Å². The molecule has 0 rings (SSSR count). The van der Waals surface area contributed by atoms with Crippen LogP contribution >= 0.6 is 28.6 Å². The smallest absolute Gasteiger partial charge is 0.0282 e. The molecule has 0 spiro atoms. The van der Waals surface area contributed by atoms with Gasteiger partial charge < -0.3 is 0 Å². The average molecular weight is 178 g/mol. The van der Waals surface area contributed by atoms with Crippen LogP contribution in [0.15, 0.2) is 0 Å². The predicted molar refractivity (Wildman–Crippen MR) is 38.3 cm³/mol. The third-order valence-electron chi connectivity index (χ3n) is 0.551. The Morgan fingerprint density at radius 2 is 2.43 bits per heavy atom. The van der Waals surface area contributed by atoms with Crippen LogP contribution in [0.1, 0.15) is 6.92 Å². The average Bonchev–Trinajstić information content (AvgIpc) is 1.68. The highest BCUT2D eigenvalue weighted by Crippen LogP contribution is 1.93. The largest absolute Gasteiger partial charge is 0.0928 e. The van der Waals surface area contributed by atoms with E-state index in [4.69, 9.17) is 12.6 Å². The van der Waals surface area contributed by atoms with Crippen LogP contribution in [-0.2, 0) is 0 Å². The van der Waals surface area contributed by atoms with Crippen LogP contribution in [0.5, 0.6) is 0 Å². The number of hydrogen-bond acceptors (Lipinski definition) is 0. The molecule has 0 saturated carbocycles. The van der Waals surface area contributed by atoms with E-state index in [9.17, 15) is 0 Å². The minimum Gasteiger partial charge on any atom is -0.0928 e. The molecule has 2 heteroatoms. The molecule has 0 aromatic rings. The third-order valence-corrected chi connectivity index (χ3v) is 1.28. The van der Waals surface area contributed by atoms with Crippen molar-refractivity contribution in [1.82, 2.24) is 0 Å². The zero-order chi connectivity index (χ0) is 5.70. The Morgan fingerprint density at radius 1 is 1.86 bits per heavy atom. The first-order chi connectivity index (χ1) is 3.31. The molecule has 0 fully saturated rings. The van der Waals surface area contributed by atoms with E-state index >= 15 is 0 Å². The minimum atomic E-state index is 0.356. The van der Waals surface area contributed by atoms with Crippen molar-refractivity contribution in [1.29, 1.82) is 0 Å². The van der Waals surface area contributed by atoms with Gasteiger partial charge in [0.2, 0.25) is 0 Å². The van der Waals surface area contributed by atoms with Crippen LogP contribution < -0.4 is 0 Å². The topological polar surface area (TPSA) is 0 Å². The molecule has 0 heterocycles. The molecule has 0 aromatic carbocycles. The van der Waals surface area contributed by atoms with Crippen molar-refractivity contribution < 1.29 is 0 Å². The van der Waals surface area contributed by atoms with Gasteiger partial charge in [0.1, 0.15) is 0 Å². The summed E-state index contributed by atoms with van der Waals surface area (Å²) in [6.45, 7) is 2.00. The summed E-state index contributed by atoms with van der Waals surface area (Å²) in [6, 6.07) is 0. The van der Waals surface area contributed by atoms with Gasteiger partial charge in [-0.15, -0.1) is 0 Å². The monoisotopic (exact) mass is 177 g/mol. The molecular weight excluding hydrogens is 172 g/mol. The lowest BCUT2D eigenvalue weighted by Crippen LogP contribution is -1.88. The van der Waals surface area contributed by atoms with Gasteiger partial charge in [0.25, 0.3) is 0 Å². The Morgan fingerprint density at radius 3 is 2.57 bits per heavy atom. The van der Waals surface area contributed by atoms with E-state index in [2.05, 4.69) is 26.7 Å². The summed E-state index contributed by atoms with van der Waals surface area (Å²) in [5, 5.41) is 0. The zero-order valence-electron chi connectivity index (χ0n) is 4.07. The lowest BCUT2D eigenvalue weighted by molar-refractivity contribution is 0.887. The highest BCUT2D eigenvalue weighted by Gasteiger charge is 1.88. The summed E-state index contributed by atoms with van der Waals surface area (Å²) in [5.74, 6) is 3.93. The van der Waals surface area contributed by atoms with Crippen molar-refractivity contribution in [3.8, 4) is 10.8 Å². The molecule has 1 unspecified atom stereocenters. The first kappa shape index (κ1) is 7.39. The molecule has 1 atom stereocenters. The maximum Gasteiger partial charge on any atom is 0.0282 e. The van der Waals surface area contributed by atoms with Crippen molar-refractivity contribution in [2.75, 3.05) is 5.75 Å². The SMILES string of the molecule is CC(C#CBr)C[S]. The number of rotatable bonds is 1. The van der Waals surface area contributed by atoms with Gasteiger partial charge >= 0.3 is 0 Å². The lowest BCUT2D eigenvalue weighted by Gasteiger charge is -1.89. The second-order valence-corrected chi connectivity index (χ2v) is 2.04. The molecule has 0 aliphatic carbocycles. The van der Waals surface area contributed by atoms with E-state index in [0.29, 0.717) is 5.92 Å². The van der Waals surface area contributed by atoms with Gasteiger partial charge in [-0.2, -0.15) is 0 Å². The van der Waals surface area contributed by atoms with E-state index in [1.54, 1.807) is 0 Å². The highest BCUT2D eigenvalue weighted by molar-refractivity contribution is 9.12. The van der Waals surface area contributed by atoms with E-state index in [-0.39, 0.29) is 0 Å². The molecule has 0 amide bonds. The molecule has 0 N–H and O–H groups in total. The molecule has 0 nitrogen and oxygen atoms in total. The molecule has 0 saturated heterocycles. The minimum absolute atomic E-state index is 0.356. The molecule has 0 aliphatic rings. The van der Waals surface area contributed by atoms with Crippen molar-refractivity contribution >= 4 is 28.6 Å². The molecule has 0 aromatic heterocycles. The molecule has 1 radical (unpaired) electrons. The quantitative estimate of drug-likeness (QED) is 0.540. The third kappa shape index (κ3) is 4.24. The Hall–Kier alpha value is 0.390. The summed E-state index contributed by atoms with van der Waals surface area (Å²) in [6.07, 6.45) is 0. The van der Waals surface area contributed by atoms with Crippen molar-refractivity contribution in [3.63, 3.8) is 0 Å². The summed E-state index contributed by atoms with van der Waals surface area (Å²) < 4.78 is 0. The second kappa shape index (κ2) is 4.55. The number of hydrogen-bond donors (Lipinski definition) is 0. The van der Waals surface area contributed by atoms with Gasteiger partial charge in [-0.3, -0.25) is 0 Å². The van der Waals surface area contributed by atoms with Gasteiger partial charge in [-0.05, 0) is 4.83 Å². The van der Waals surface area contributed by atoms with Gasteiger partial charge in [0, 0.05) is 27.6 Å². The zero-order valence-corrected chi connectivity index (χ0v) is 6.47. The Kier molecular flexibility index (Phi) is 4.80. The van der Waals surface area contributed by atoms with Crippen LogP contribution in [0.25, 0.3) is 0 Å². The Balaban J connectivity index is 3.29. The normalized spacial score (nSPS) is 11.9. The van der Waals surface area contributed by atoms with E-state index in [1.165, 1.54) is 0 Å². The maximum absolute atomic E-state index is 4.72.